The summed E-state index contributed by atoms with van der Waals surface area (Å²) in [6.07, 6.45) is 0. The highest BCUT2D eigenvalue weighted by Gasteiger charge is 2.12. The second-order valence-corrected chi connectivity index (χ2v) is 3.49. The predicted octanol–water partition coefficient (Wildman–Crippen LogP) is 1.41. The van der Waals surface area contributed by atoms with E-state index in [1.165, 1.54) is 4.88 Å². The largest absolute Gasteiger partial charge is 0.182 e. The Bertz CT molecular complexity index is 292. The van der Waals surface area contributed by atoms with Crippen LogP contribution in [0.25, 0.3) is 0 Å². The summed E-state index contributed by atoms with van der Waals surface area (Å²) < 4.78 is 0. The maximum absolute atomic E-state index is 3.93. The van der Waals surface area contributed by atoms with E-state index < -0.39 is 0 Å². The number of tetrazole rings is 1. The highest BCUT2D eigenvalue weighted by molar-refractivity contribution is 7.10. The predicted molar refractivity (Wildman–Crippen MR) is 46.0 cm³/mol. The molecule has 0 aliphatic carbocycles. The van der Waals surface area contributed by atoms with Crippen molar-refractivity contribution in [3.8, 4) is 0 Å². The van der Waals surface area contributed by atoms with Crippen molar-refractivity contribution in [3.05, 3.63) is 28.2 Å². The number of aromatic nitrogens is 4. The van der Waals surface area contributed by atoms with Gasteiger partial charge in [0.1, 0.15) is 0 Å². The van der Waals surface area contributed by atoms with Crippen LogP contribution in [0, 0.1) is 0 Å². The van der Waals surface area contributed by atoms with Gasteiger partial charge in [-0.2, -0.15) is 5.21 Å². The van der Waals surface area contributed by atoms with Crippen molar-refractivity contribution >= 4 is 11.3 Å². The van der Waals surface area contributed by atoms with Crippen molar-refractivity contribution in [2.75, 3.05) is 0 Å². The molecule has 1 N–H and O–H groups in total. The first-order chi connectivity index (χ1) is 5.88. The quantitative estimate of drug-likeness (QED) is 0.760. The lowest BCUT2D eigenvalue weighted by atomic mass is 10.1. The van der Waals surface area contributed by atoms with Gasteiger partial charge in [0.15, 0.2) is 5.82 Å². The van der Waals surface area contributed by atoms with Crippen LogP contribution in [0.5, 0.6) is 0 Å². The third kappa shape index (κ3) is 1.23. The molecule has 12 heavy (non-hydrogen) atoms. The van der Waals surface area contributed by atoms with Crippen LogP contribution in [0.4, 0.5) is 0 Å². The normalized spacial score (nSPS) is 13.1. The van der Waals surface area contributed by atoms with Crippen molar-refractivity contribution in [2.24, 2.45) is 0 Å². The Balaban J connectivity index is 2.27. The minimum absolute atomic E-state index is 0.240. The molecule has 0 aliphatic heterocycles. The molecular weight excluding hydrogens is 172 g/mol. The first-order valence-electron chi connectivity index (χ1n) is 3.64. The Morgan fingerprint density at radius 1 is 1.58 bits per heavy atom. The van der Waals surface area contributed by atoms with Crippen LogP contribution in [0.15, 0.2) is 17.5 Å². The maximum Gasteiger partial charge on any atom is 0.182 e. The monoisotopic (exact) mass is 180 g/mol. The molecule has 2 aromatic rings. The summed E-state index contributed by atoms with van der Waals surface area (Å²) in [4.78, 5) is 1.26. The van der Waals surface area contributed by atoms with Crippen molar-refractivity contribution in [2.45, 2.75) is 12.8 Å². The van der Waals surface area contributed by atoms with E-state index in [9.17, 15) is 0 Å². The SMILES string of the molecule is CC(c1nn[nH]n1)c1cccs1. The lowest BCUT2D eigenvalue weighted by Crippen LogP contribution is -1.95. The number of aromatic amines is 1. The molecule has 0 spiro atoms. The third-order valence-corrected chi connectivity index (χ3v) is 2.77. The van der Waals surface area contributed by atoms with E-state index >= 15 is 0 Å². The maximum atomic E-state index is 3.93. The molecule has 4 nitrogen and oxygen atoms in total. The topological polar surface area (TPSA) is 54.5 Å². The lowest BCUT2D eigenvalue weighted by Gasteiger charge is -2.00. The van der Waals surface area contributed by atoms with Gasteiger partial charge in [0, 0.05) is 4.88 Å². The Hall–Kier alpha value is -1.23. The molecule has 0 amide bonds. The molecule has 1 atom stereocenters. The molecule has 0 aliphatic rings. The summed E-state index contributed by atoms with van der Waals surface area (Å²) in [6.45, 7) is 2.07. The zero-order chi connectivity index (χ0) is 8.39. The summed E-state index contributed by atoms with van der Waals surface area (Å²) in [7, 11) is 0. The zero-order valence-corrected chi connectivity index (χ0v) is 7.38. The fourth-order valence-electron chi connectivity index (χ4n) is 1.02. The number of rotatable bonds is 2. The fraction of sp³-hybridized carbons (Fsp3) is 0.286. The number of nitrogens with zero attached hydrogens (tertiary/aromatic N) is 3. The van der Waals surface area contributed by atoms with Crippen LogP contribution < -0.4 is 0 Å². The van der Waals surface area contributed by atoms with Crippen molar-refractivity contribution in [3.63, 3.8) is 0 Å². The van der Waals surface area contributed by atoms with Crippen LogP contribution in [-0.2, 0) is 0 Å². The molecule has 62 valence electrons. The highest BCUT2D eigenvalue weighted by atomic mass is 32.1. The molecule has 5 heteroatoms. The zero-order valence-electron chi connectivity index (χ0n) is 6.56. The van der Waals surface area contributed by atoms with E-state index in [2.05, 4.69) is 33.6 Å². The Labute approximate surface area is 73.6 Å². The van der Waals surface area contributed by atoms with Crippen LogP contribution in [-0.4, -0.2) is 20.6 Å². The number of hydrogen-bond acceptors (Lipinski definition) is 4. The molecule has 0 aromatic carbocycles. The third-order valence-electron chi connectivity index (χ3n) is 1.72. The average molecular weight is 180 g/mol. The molecule has 0 bridgehead atoms. The standard InChI is InChI=1S/C7H8N4S/c1-5(6-3-2-4-12-6)7-8-10-11-9-7/h2-5H,1H3,(H,8,9,10,11). The van der Waals surface area contributed by atoms with Gasteiger partial charge in [-0.15, -0.1) is 21.5 Å². The van der Waals surface area contributed by atoms with Gasteiger partial charge in [-0.05, 0) is 11.4 Å². The Kier molecular flexibility index (Phi) is 1.87. The number of nitrogens with one attached hydrogen (secondary N) is 1. The molecule has 2 rings (SSSR count). The second kappa shape index (κ2) is 3.02. The fourth-order valence-corrected chi connectivity index (χ4v) is 1.80. The van der Waals surface area contributed by atoms with Gasteiger partial charge in [-0.25, -0.2) is 0 Å². The van der Waals surface area contributed by atoms with Gasteiger partial charge < -0.3 is 0 Å². The summed E-state index contributed by atoms with van der Waals surface area (Å²) in [5, 5.41) is 15.9. The average Bonchev–Trinajstić information content (AvgIpc) is 2.77. The van der Waals surface area contributed by atoms with Gasteiger partial charge in [0.2, 0.25) is 0 Å². The molecule has 2 heterocycles. The molecule has 0 radical (unpaired) electrons. The number of thiophene rings is 1. The van der Waals surface area contributed by atoms with E-state index in [-0.39, 0.29) is 5.92 Å². The summed E-state index contributed by atoms with van der Waals surface area (Å²) >= 11 is 1.71. The van der Waals surface area contributed by atoms with Crippen molar-refractivity contribution < 1.29 is 0 Å². The Morgan fingerprint density at radius 3 is 3.08 bits per heavy atom. The van der Waals surface area contributed by atoms with E-state index in [1.54, 1.807) is 11.3 Å². The van der Waals surface area contributed by atoms with Gasteiger partial charge >= 0.3 is 0 Å². The molecular formula is C7H8N4S. The number of H-pyrrole nitrogens is 1. The summed E-state index contributed by atoms with van der Waals surface area (Å²) in [5.74, 6) is 0.987. The second-order valence-electron chi connectivity index (χ2n) is 2.51. The molecule has 0 fully saturated rings. The Morgan fingerprint density at radius 2 is 2.50 bits per heavy atom. The molecule has 1 unspecified atom stereocenters. The summed E-state index contributed by atoms with van der Waals surface area (Å²) in [5.41, 5.74) is 0. The van der Waals surface area contributed by atoms with Gasteiger partial charge in [0.05, 0.1) is 5.92 Å². The highest BCUT2D eigenvalue weighted by Crippen LogP contribution is 2.24. The summed E-state index contributed by atoms with van der Waals surface area (Å²) in [6, 6.07) is 4.10. The lowest BCUT2D eigenvalue weighted by molar-refractivity contribution is 0.836. The van der Waals surface area contributed by atoms with E-state index in [0.717, 1.165) is 5.82 Å². The minimum atomic E-state index is 0.240. The molecule has 2 aromatic heterocycles. The molecule has 0 saturated carbocycles. The van der Waals surface area contributed by atoms with E-state index in [1.807, 2.05) is 11.4 Å². The first-order valence-corrected chi connectivity index (χ1v) is 4.52. The van der Waals surface area contributed by atoms with Crippen LogP contribution in [0.3, 0.4) is 0 Å². The van der Waals surface area contributed by atoms with Crippen LogP contribution in [0.1, 0.15) is 23.5 Å². The van der Waals surface area contributed by atoms with E-state index in [0.29, 0.717) is 0 Å². The smallest absolute Gasteiger partial charge is 0.177 e. The van der Waals surface area contributed by atoms with Crippen LogP contribution >= 0.6 is 11.3 Å². The van der Waals surface area contributed by atoms with Gasteiger partial charge in [-0.3, -0.25) is 0 Å². The van der Waals surface area contributed by atoms with Crippen LogP contribution in [0.2, 0.25) is 0 Å². The van der Waals surface area contributed by atoms with Gasteiger partial charge in [0.25, 0.3) is 0 Å². The van der Waals surface area contributed by atoms with Crippen molar-refractivity contribution in [1.82, 2.24) is 20.6 Å². The van der Waals surface area contributed by atoms with E-state index in [4.69, 9.17) is 0 Å². The minimum Gasteiger partial charge on any atom is -0.177 e. The first kappa shape index (κ1) is 7.42. The van der Waals surface area contributed by atoms with Gasteiger partial charge in [-0.1, -0.05) is 18.2 Å². The number of hydrogen-bond donors (Lipinski definition) is 1. The molecule has 0 saturated heterocycles. The van der Waals surface area contributed by atoms with Crippen molar-refractivity contribution in [1.29, 1.82) is 0 Å².